The van der Waals surface area contributed by atoms with Crippen molar-refractivity contribution in [1.29, 1.82) is 0 Å². The minimum absolute atomic E-state index is 0.155. The van der Waals surface area contributed by atoms with Crippen molar-refractivity contribution in [2.45, 2.75) is 52.6 Å². The van der Waals surface area contributed by atoms with Crippen LogP contribution in [0.25, 0.3) is 0 Å². The van der Waals surface area contributed by atoms with Crippen LogP contribution in [0.2, 0.25) is 0 Å². The van der Waals surface area contributed by atoms with E-state index >= 15 is 0 Å². The number of nitrogens with zero attached hydrogens (tertiary/aromatic N) is 1. The van der Waals surface area contributed by atoms with Crippen molar-refractivity contribution in [2.75, 3.05) is 0 Å². The molecule has 0 aromatic rings. The van der Waals surface area contributed by atoms with Gasteiger partial charge in [-0.3, -0.25) is 0 Å². The highest BCUT2D eigenvalue weighted by atomic mass is 16.5. The molecule has 0 spiro atoms. The van der Waals surface area contributed by atoms with Crippen molar-refractivity contribution in [2.24, 2.45) is 4.99 Å². The third kappa shape index (κ3) is 12.9. The Morgan fingerprint density at radius 1 is 1.40 bits per heavy atom. The van der Waals surface area contributed by atoms with Gasteiger partial charge in [-0.05, 0) is 47.0 Å². The predicted molar refractivity (Wildman–Crippen MR) is 67.1 cm³/mol. The molecule has 0 aliphatic rings. The second-order valence-corrected chi connectivity index (χ2v) is 4.72. The third-order valence-electron chi connectivity index (χ3n) is 1.63. The van der Waals surface area contributed by atoms with Crippen LogP contribution in [0.4, 0.5) is 0 Å². The number of aliphatic imine (C=N–C) groups is 1. The van der Waals surface area contributed by atoms with E-state index in [1.165, 1.54) is 12.0 Å². The largest absolute Gasteiger partial charge is 0.478 e. The molecular weight excluding hydrogens is 186 g/mol. The van der Waals surface area contributed by atoms with Crippen molar-refractivity contribution in [3.63, 3.8) is 0 Å². The van der Waals surface area contributed by atoms with Gasteiger partial charge in [0.25, 0.3) is 0 Å². The van der Waals surface area contributed by atoms with Crippen LogP contribution >= 0.6 is 0 Å². The number of allylic oxidation sites excluding steroid dienone is 2. The van der Waals surface area contributed by atoms with Gasteiger partial charge >= 0.3 is 0 Å². The van der Waals surface area contributed by atoms with E-state index in [-0.39, 0.29) is 5.60 Å². The average Bonchev–Trinajstić information content (AvgIpc) is 2.07. The van der Waals surface area contributed by atoms with E-state index < -0.39 is 0 Å². The van der Waals surface area contributed by atoms with Gasteiger partial charge in [0.1, 0.15) is 5.60 Å². The second-order valence-electron chi connectivity index (χ2n) is 4.72. The van der Waals surface area contributed by atoms with E-state index in [2.05, 4.69) is 18.5 Å². The molecule has 0 radical (unpaired) electrons. The summed E-state index contributed by atoms with van der Waals surface area (Å²) in [4.78, 5) is 4.02. The molecule has 0 atom stereocenters. The molecule has 0 saturated carbocycles. The summed E-state index contributed by atoms with van der Waals surface area (Å²) in [5, 5.41) is 0. The highest BCUT2D eigenvalue weighted by Crippen LogP contribution is 2.05. The van der Waals surface area contributed by atoms with Crippen LogP contribution in [-0.2, 0) is 4.74 Å². The van der Waals surface area contributed by atoms with Gasteiger partial charge in [-0.1, -0.05) is 11.6 Å². The lowest BCUT2D eigenvalue weighted by Gasteiger charge is -2.16. The summed E-state index contributed by atoms with van der Waals surface area (Å²) in [6, 6.07) is 0. The smallest absolute Gasteiger partial charge is 0.174 e. The molecule has 0 aromatic heterocycles. The first kappa shape index (κ1) is 13.9. The molecule has 0 unspecified atom stereocenters. The van der Waals surface area contributed by atoms with E-state index in [9.17, 15) is 0 Å². The van der Waals surface area contributed by atoms with Gasteiger partial charge in [-0.2, -0.15) is 0 Å². The second kappa shape index (κ2) is 7.27. The molecule has 0 aliphatic heterocycles. The van der Waals surface area contributed by atoms with Gasteiger partial charge in [-0.25, -0.2) is 4.99 Å². The maximum Gasteiger partial charge on any atom is 0.174 e. The SMILES string of the molecule is C=C(C)CCC/C=C\N=C\OC(C)(C)C. The molecule has 86 valence electrons. The first-order chi connectivity index (χ1) is 6.92. The number of unbranched alkanes of at least 4 members (excludes halogenated alkanes) is 1. The lowest BCUT2D eigenvalue weighted by Crippen LogP contribution is -2.17. The van der Waals surface area contributed by atoms with E-state index in [0.717, 1.165) is 19.3 Å². The van der Waals surface area contributed by atoms with Crippen molar-refractivity contribution in [3.8, 4) is 0 Å². The summed E-state index contributed by atoms with van der Waals surface area (Å²) in [6.07, 6.45) is 8.60. The predicted octanol–water partition coefficient (Wildman–Crippen LogP) is 4.09. The maximum absolute atomic E-state index is 5.32. The van der Waals surface area contributed by atoms with E-state index in [0.29, 0.717) is 0 Å². The quantitative estimate of drug-likeness (QED) is 0.279. The Hall–Kier alpha value is -1.05. The van der Waals surface area contributed by atoms with Crippen LogP contribution in [0.5, 0.6) is 0 Å². The van der Waals surface area contributed by atoms with Crippen LogP contribution in [0, 0.1) is 0 Å². The molecule has 0 bridgehead atoms. The van der Waals surface area contributed by atoms with Crippen LogP contribution in [0.1, 0.15) is 47.0 Å². The Balaban J connectivity index is 3.50. The Bertz CT molecular complexity index is 233. The zero-order valence-corrected chi connectivity index (χ0v) is 10.4. The highest BCUT2D eigenvalue weighted by molar-refractivity contribution is 5.48. The minimum Gasteiger partial charge on any atom is -0.478 e. The molecule has 0 rings (SSSR count). The fourth-order valence-electron chi connectivity index (χ4n) is 0.881. The summed E-state index contributed by atoms with van der Waals surface area (Å²) in [5.41, 5.74) is 1.08. The molecule has 15 heavy (non-hydrogen) atoms. The van der Waals surface area contributed by atoms with Crippen molar-refractivity contribution >= 4 is 6.40 Å². The molecular formula is C13H23NO. The molecule has 2 heteroatoms. The van der Waals surface area contributed by atoms with E-state index in [1.807, 2.05) is 26.8 Å². The van der Waals surface area contributed by atoms with Crippen LogP contribution in [0.15, 0.2) is 29.4 Å². The first-order valence-electron chi connectivity index (χ1n) is 5.40. The average molecular weight is 209 g/mol. The summed E-state index contributed by atoms with van der Waals surface area (Å²) >= 11 is 0. The Morgan fingerprint density at radius 2 is 2.07 bits per heavy atom. The van der Waals surface area contributed by atoms with Gasteiger partial charge in [0, 0.05) is 6.20 Å². The molecule has 0 N–H and O–H groups in total. The molecule has 0 heterocycles. The Labute approximate surface area is 93.7 Å². The van der Waals surface area contributed by atoms with E-state index in [4.69, 9.17) is 4.74 Å². The fraction of sp³-hybridized carbons (Fsp3) is 0.615. The fourth-order valence-corrected chi connectivity index (χ4v) is 0.881. The molecule has 0 amide bonds. The van der Waals surface area contributed by atoms with Crippen molar-refractivity contribution in [1.82, 2.24) is 0 Å². The number of hydrogen-bond donors (Lipinski definition) is 0. The standard InChI is InChI=1S/C13H23NO/c1-12(2)9-7-6-8-10-14-11-15-13(3,4)5/h8,10-11H,1,6-7,9H2,2-5H3/b10-8-,14-11+. The molecule has 0 fully saturated rings. The highest BCUT2D eigenvalue weighted by Gasteiger charge is 2.07. The van der Waals surface area contributed by atoms with Gasteiger partial charge < -0.3 is 4.74 Å². The first-order valence-corrected chi connectivity index (χ1v) is 5.40. The van der Waals surface area contributed by atoms with E-state index in [1.54, 1.807) is 6.20 Å². The molecule has 2 nitrogen and oxygen atoms in total. The minimum atomic E-state index is -0.155. The van der Waals surface area contributed by atoms with Gasteiger partial charge in [0.2, 0.25) is 0 Å². The molecule has 0 saturated heterocycles. The summed E-state index contributed by atoms with van der Waals surface area (Å²) in [5.74, 6) is 0. The van der Waals surface area contributed by atoms with Crippen LogP contribution in [0.3, 0.4) is 0 Å². The van der Waals surface area contributed by atoms with Gasteiger partial charge in [0.15, 0.2) is 6.40 Å². The Morgan fingerprint density at radius 3 is 2.60 bits per heavy atom. The number of rotatable bonds is 6. The summed E-state index contributed by atoms with van der Waals surface area (Å²) < 4.78 is 5.32. The number of ether oxygens (including phenoxy) is 1. The lowest BCUT2D eigenvalue weighted by molar-refractivity contribution is 0.126. The van der Waals surface area contributed by atoms with Crippen LogP contribution < -0.4 is 0 Å². The molecule has 0 aromatic carbocycles. The number of hydrogen-bond acceptors (Lipinski definition) is 2. The summed E-state index contributed by atoms with van der Waals surface area (Å²) in [6.45, 7) is 11.9. The zero-order valence-electron chi connectivity index (χ0n) is 10.4. The lowest BCUT2D eigenvalue weighted by atomic mass is 10.1. The Kier molecular flexibility index (Phi) is 6.76. The summed E-state index contributed by atoms with van der Waals surface area (Å²) in [7, 11) is 0. The monoisotopic (exact) mass is 209 g/mol. The zero-order chi connectivity index (χ0) is 11.7. The third-order valence-corrected chi connectivity index (χ3v) is 1.63. The van der Waals surface area contributed by atoms with Crippen molar-refractivity contribution < 1.29 is 4.74 Å². The normalized spacial score (nSPS) is 12.5. The van der Waals surface area contributed by atoms with Crippen LogP contribution in [-0.4, -0.2) is 12.0 Å². The van der Waals surface area contributed by atoms with Gasteiger partial charge in [-0.15, -0.1) is 6.58 Å². The molecule has 0 aliphatic carbocycles. The van der Waals surface area contributed by atoms with Crippen molar-refractivity contribution in [3.05, 3.63) is 24.4 Å². The van der Waals surface area contributed by atoms with Gasteiger partial charge in [0.05, 0.1) is 0 Å². The maximum atomic E-state index is 5.32. The topological polar surface area (TPSA) is 21.6 Å².